The lowest BCUT2D eigenvalue weighted by atomic mass is 10.5. The SMILES string of the molecule is CCCO[Si](CI)(CCC)CCC. The lowest BCUT2D eigenvalue weighted by Gasteiger charge is -2.29. The van der Waals surface area contributed by atoms with Crippen LogP contribution in [-0.2, 0) is 4.43 Å². The molecule has 0 aromatic carbocycles. The van der Waals surface area contributed by atoms with Crippen LogP contribution in [0.4, 0.5) is 0 Å². The molecule has 80 valence electrons. The van der Waals surface area contributed by atoms with Crippen LogP contribution in [0, 0.1) is 0 Å². The number of rotatable bonds is 8. The maximum atomic E-state index is 6.14. The number of hydrogen-bond acceptors (Lipinski definition) is 1. The summed E-state index contributed by atoms with van der Waals surface area (Å²) in [6.45, 7) is 7.73. The first-order valence-corrected chi connectivity index (χ1v) is 9.50. The summed E-state index contributed by atoms with van der Waals surface area (Å²) in [7, 11) is -1.30. The Labute approximate surface area is 97.9 Å². The Bertz CT molecular complexity index is 113. The lowest BCUT2D eigenvalue weighted by molar-refractivity contribution is 0.300. The number of hydrogen-bond donors (Lipinski definition) is 0. The third kappa shape index (κ3) is 5.37. The van der Waals surface area contributed by atoms with Crippen molar-refractivity contribution >= 4 is 30.9 Å². The van der Waals surface area contributed by atoms with Gasteiger partial charge in [-0.05, 0) is 18.5 Å². The van der Waals surface area contributed by atoms with Gasteiger partial charge in [0.1, 0.15) is 0 Å². The van der Waals surface area contributed by atoms with E-state index >= 15 is 0 Å². The van der Waals surface area contributed by atoms with Crippen molar-refractivity contribution < 1.29 is 4.43 Å². The van der Waals surface area contributed by atoms with E-state index in [1.165, 1.54) is 35.4 Å². The topological polar surface area (TPSA) is 9.23 Å². The van der Waals surface area contributed by atoms with E-state index in [9.17, 15) is 0 Å². The van der Waals surface area contributed by atoms with E-state index < -0.39 is 8.32 Å². The molecule has 0 saturated carbocycles. The summed E-state index contributed by atoms with van der Waals surface area (Å²) in [6.07, 6.45) is 3.75. The lowest BCUT2D eigenvalue weighted by Crippen LogP contribution is -2.40. The van der Waals surface area contributed by atoms with Crippen molar-refractivity contribution in [2.24, 2.45) is 0 Å². The van der Waals surface area contributed by atoms with Gasteiger partial charge in [0.15, 0.2) is 0 Å². The molecule has 0 aliphatic rings. The van der Waals surface area contributed by atoms with Crippen LogP contribution in [0.5, 0.6) is 0 Å². The molecule has 0 unspecified atom stereocenters. The Morgan fingerprint density at radius 1 is 1.00 bits per heavy atom. The molecule has 0 spiro atoms. The molecular weight excluding hydrogens is 291 g/mol. The van der Waals surface area contributed by atoms with Crippen molar-refractivity contribution in [2.45, 2.75) is 52.1 Å². The molecule has 0 atom stereocenters. The van der Waals surface area contributed by atoms with Crippen LogP contribution in [0.3, 0.4) is 0 Å². The minimum atomic E-state index is -1.30. The monoisotopic (exact) mass is 314 g/mol. The highest BCUT2D eigenvalue weighted by atomic mass is 127. The van der Waals surface area contributed by atoms with E-state index in [-0.39, 0.29) is 0 Å². The molecule has 0 radical (unpaired) electrons. The number of halogens is 1. The highest BCUT2D eigenvalue weighted by Gasteiger charge is 2.31. The smallest absolute Gasteiger partial charge is 0.202 e. The zero-order valence-electron chi connectivity index (χ0n) is 9.24. The average Bonchev–Trinajstić information content (AvgIpc) is 2.15. The van der Waals surface area contributed by atoms with E-state index in [0.29, 0.717) is 0 Å². The van der Waals surface area contributed by atoms with Gasteiger partial charge in [0, 0.05) is 10.7 Å². The van der Waals surface area contributed by atoms with Gasteiger partial charge in [0.05, 0.1) is 0 Å². The fraction of sp³-hybridized carbons (Fsp3) is 1.00. The third-order valence-corrected chi connectivity index (χ3v) is 10.6. The predicted molar refractivity (Wildman–Crippen MR) is 71.1 cm³/mol. The maximum Gasteiger partial charge on any atom is 0.202 e. The molecule has 0 N–H and O–H groups in total. The van der Waals surface area contributed by atoms with Crippen LogP contribution in [0.1, 0.15) is 40.0 Å². The second-order valence-electron chi connectivity index (χ2n) is 3.67. The van der Waals surface area contributed by atoms with Crippen molar-refractivity contribution in [3.05, 3.63) is 0 Å². The van der Waals surface area contributed by atoms with Gasteiger partial charge in [-0.25, -0.2) is 0 Å². The van der Waals surface area contributed by atoms with Crippen LogP contribution >= 0.6 is 22.6 Å². The summed E-state index contributed by atoms with van der Waals surface area (Å²) in [5.74, 6) is 0. The minimum Gasteiger partial charge on any atom is -0.416 e. The van der Waals surface area contributed by atoms with Gasteiger partial charge in [-0.15, -0.1) is 0 Å². The van der Waals surface area contributed by atoms with E-state index in [1.54, 1.807) is 0 Å². The first kappa shape index (κ1) is 13.9. The maximum absolute atomic E-state index is 6.14. The normalized spacial score (nSPS) is 12.0. The molecule has 13 heavy (non-hydrogen) atoms. The van der Waals surface area contributed by atoms with E-state index in [4.69, 9.17) is 4.43 Å². The molecule has 0 amide bonds. The highest BCUT2D eigenvalue weighted by Crippen LogP contribution is 2.23. The average molecular weight is 314 g/mol. The molecule has 0 rings (SSSR count). The fourth-order valence-electron chi connectivity index (χ4n) is 1.67. The van der Waals surface area contributed by atoms with Gasteiger partial charge in [-0.2, -0.15) is 0 Å². The van der Waals surface area contributed by atoms with E-state index in [2.05, 4.69) is 43.4 Å². The van der Waals surface area contributed by atoms with Crippen molar-refractivity contribution in [1.82, 2.24) is 0 Å². The van der Waals surface area contributed by atoms with Crippen LogP contribution in [0.2, 0.25) is 12.1 Å². The first-order valence-electron chi connectivity index (χ1n) is 5.44. The minimum absolute atomic E-state index is 0.981. The highest BCUT2D eigenvalue weighted by molar-refractivity contribution is 14.1. The summed E-state index contributed by atoms with van der Waals surface area (Å²) in [4.78, 5) is 0. The van der Waals surface area contributed by atoms with E-state index in [1.807, 2.05) is 0 Å². The Balaban J connectivity index is 4.07. The van der Waals surface area contributed by atoms with Crippen LogP contribution < -0.4 is 0 Å². The van der Waals surface area contributed by atoms with Gasteiger partial charge in [-0.3, -0.25) is 0 Å². The van der Waals surface area contributed by atoms with E-state index in [0.717, 1.165) is 6.61 Å². The third-order valence-electron chi connectivity index (χ3n) is 2.27. The Kier molecular flexibility index (Phi) is 8.81. The van der Waals surface area contributed by atoms with Crippen LogP contribution in [-0.4, -0.2) is 19.0 Å². The molecule has 0 heterocycles. The summed E-state index contributed by atoms with van der Waals surface area (Å²) in [6, 6.07) is 2.70. The predicted octanol–water partition coefficient (Wildman–Crippen LogP) is 4.15. The molecule has 0 bridgehead atoms. The molecule has 3 heteroatoms. The summed E-state index contributed by atoms with van der Waals surface area (Å²) < 4.78 is 7.41. The summed E-state index contributed by atoms with van der Waals surface area (Å²) in [5, 5.41) is 0. The van der Waals surface area contributed by atoms with Gasteiger partial charge >= 0.3 is 0 Å². The summed E-state index contributed by atoms with van der Waals surface area (Å²) >= 11 is 2.53. The molecule has 1 nitrogen and oxygen atoms in total. The molecule has 0 aromatic heterocycles. The Hall–Kier alpha value is 0.907. The van der Waals surface area contributed by atoms with Crippen molar-refractivity contribution in [3.63, 3.8) is 0 Å². The molecule has 0 fully saturated rings. The zero-order valence-corrected chi connectivity index (χ0v) is 12.4. The standard InChI is InChI=1S/C10H23IOSi/c1-4-7-12-13(10-11,8-5-2)9-6-3/h4-10H2,1-3H3. The molecule has 0 saturated heterocycles. The van der Waals surface area contributed by atoms with Gasteiger partial charge in [0.25, 0.3) is 0 Å². The van der Waals surface area contributed by atoms with Crippen molar-refractivity contribution in [1.29, 1.82) is 0 Å². The molecule has 0 aliphatic carbocycles. The second-order valence-corrected chi connectivity index (χ2v) is 9.88. The molecule has 0 aromatic rings. The van der Waals surface area contributed by atoms with Crippen molar-refractivity contribution in [2.75, 3.05) is 10.7 Å². The van der Waals surface area contributed by atoms with Gasteiger partial charge < -0.3 is 4.43 Å². The Morgan fingerprint density at radius 2 is 1.54 bits per heavy atom. The molecular formula is C10H23IOSi. The fourth-order valence-corrected chi connectivity index (χ4v) is 7.96. The Morgan fingerprint density at radius 3 is 1.85 bits per heavy atom. The van der Waals surface area contributed by atoms with Gasteiger partial charge in [0.2, 0.25) is 8.32 Å². The first-order chi connectivity index (χ1) is 6.24. The van der Waals surface area contributed by atoms with Crippen LogP contribution in [0.15, 0.2) is 0 Å². The quantitative estimate of drug-likeness (QED) is 0.371. The zero-order chi connectivity index (χ0) is 10.2. The summed E-state index contributed by atoms with van der Waals surface area (Å²) in [5.41, 5.74) is 0. The molecule has 0 aliphatic heterocycles. The number of alkyl halides is 1. The van der Waals surface area contributed by atoms with Crippen LogP contribution in [0.25, 0.3) is 0 Å². The van der Waals surface area contributed by atoms with Gasteiger partial charge in [-0.1, -0.05) is 56.2 Å². The largest absolute Gasteiger partial charge is 0.416 e. The van der Waals surface area contributed by atoms with Crippen molar-refractivity contribution in [3.8, 4) is 0 Å². The second kappa shape index (κ2) is 8.23.